The lowest BCUT2D eigenvalue weighted by Crippen LogP contribution is -2.11. The molecular formula is C9H13N2O3-. The van der Waals surface area contributed by atoms with Crippen molar-refractivity contribution in [1.82, 2.24) is 0 Å². The van der Waals surface area contributed by atoms with Gasteiger partial charge in [-0.1, -0.05) is 23.9 Å². The van der Waals surface area contributed by atoms with E-state index < -0.39 is 11.7 Å². The van der Waals surface area contributed by atoms with E-state index in [1.165, 1.54) is 24.3 Å². The van der Waals surface area contributed by atoms with Gasteiger partial charge in [0.25, 0.3) is 0 Å². The van der Waals surface area contributed by atoms with Crippen LogP contribution in [0.15, 0.2) is 24.3 Å². The summed E-state index contributed by atoms with van der Waals surface area (Å²) in [6, 6.07) is 5.54. The van der Waals surface area contributed by atoms with Gasteiger partial charge in [-0.3, -0.25) is 0 Å². The lowest BCUT2D eigenvalue weighted by Gasteiger charge is -2.07. The molecule has 1 aromatic rings. The minimum Gasteiger partial charge on any atom is -0.872 e. The van der Waals surface area contributed by atoms with Gasteiger partial charge in [0.05, 0.1) is 5.56 Å². The molecule has 0 aromatic heterocycles. The van der Waals surface area contributed by atoms with Crippen LogP contribution in [-0.4, -0.2) is 24.2 Å². The summed E-state index contributed by atoms with van der Waals surface area (Å²) >= 11 is 0. The molecule has 0 fully saturated rings. The number of carbonyl (C=O) groups is 1. The molecule has 0 amide bonds. The zero-order valence-corrected chi connectivity index (χ0v) is 7.64. The zero-order chi connectivity index (χ0) is 11.0. The summed E-state index contributed by atoms with van der Waals surface area (Å²) in [5.74, 6) is -1.62. The predicted molar refractivity (Wildman–Crippen MR) is 51.0 cm³/mol. The number of carboxylic acids is 1. The maximum absolute atomic E-state index is 10.7. The Morgan fingerprint density at radius 1 is 1.29 bits per heavy atom. The third-order valence-electron chi connectivity index (χ3n) is 1.28. The van der Waals surface area contributed by atoms with Crippen molar-refractivity contribution >= 4 is 5.97 Å². The van der Waals surface area contributed by atoms with Crippen LogP contribution in [0.5, 0.6) is 5.75 Å². The number of hydrogen-bond donors (Lipinski definition) is 3. The van der Waals surface area contributed by atoms with Crippen LogP contribution in [0.25, 0.3) is 0 Å². The first-order valence-electron chi connectivity index (χ1n) is 4.03. The van der Waals surface area contributed by atoms with E-state index in [0.717, 1.165) is 0 Å². The summed E-state index contributed by atoms with van der Waals surface area (Å²) < 4.78 is 0. The highest BCUT2D eigenvalue weighted by atomic mass is 16.4. The van der Waals surface area contributed by atoms with Crippen LogP contribution >= 0.6 is 0 Å². The molecule has 0 saturated carbocycles. The van der Waals surface area contributed by atoms with Crippen molar-refractivity contribution in [2.75, 3.05) is 13.1 Å². The number of aromatic carboxylic acids is 1. The molecule has 0 aliphatic carbocycles. The molecule has 0 bridgehead atoms. The lowest BCUT2D eigenvalue weighted by molar-refractivity contribution is -0.268. The minimum absolute atomic E-state index is 0.178. The standard InChI is InChI=1S/C7H6O3.C2H8N2/c8-6-4-2-1-3-5(6)7(9)10;3-1-2-4/h1-4,8H,(H,9,10);1-4H2/p-1. The van der Waals surface area contributed by atoms with Crippen molar-refractivity contribution in [3.8, 4) is 5.75 Å². The van der Waals surface area contributed by atoms with Gasteiger partial charge < -0.3 is 21.7 Å². The molecule has 1 aromatic carbocycles. The first kappa shape index (κ1) is 12.4. The number of carboxylic acid groups (broad SMARTS) is 1. The molecule has 0 spiro atoms. The number of nitrogens with two attached hydrogens (primary N) is 2. The van der Waals surface area contributed by atoms with Crippen LogP contribution in [0.2, 0.25) is 0 Å². The van der Waals surface area contributed by atoms with Gasteiger partial charge in [0.15, 0.2) is 0 Å². The molecule has 78 valence electrons. The second-order valence-electron chi connectivity index (χ2n) is 2.38. The second kappa shape index (κ2) is 6.88. The average molecular weight is 197 g/mol. The van der Waals surface area contributed by atoms with Gasteiger partial charge in [-0.2, -0.15) is 0 Å². The Bertz CT molecular complexity index is 287. The molecule has 5 heteroatoms. The average Bonchev–Trinajstić information content (AvgIpc) is 2.18. The molecule has 0 atom stereocenters. The van der Waals surface area contributed by atoms with Crippen molar-refractivity contribution in [3.05, 3.63) is 29.8 Å². The molecule has 0 aliphatic heterocycles. The molecular weight excluding hydrogens is 184 g/mol. The van der Waals surface area contributed by atoms with Gasteiger partial charge >= 0.3 is 5.97 Å². The van der Waals surface area contributed by atoms with Gasteiger partial charge in [0.1, 0.15) is 0 Å². The van der Waals surface area contributed by atoms with Crippen LogP contribution in [0, 0.1) is 0 Å². The summed E-state index contributed by atoms with van der Waals surface area (Å²) in [7, 11) is 0. The topological polar surface area (TPSA) is 112 Å². The molecule has 0 radical (unpaired) electrons. The monoisotopic (exact) mass is 197 g/mol. The van der Waals surface area contributed by atoms with Gasteiger partial charge in [0, 0.05) is 13.1 Å². The van der Waals surface area contributed by atoms with Crippen molar-refractivity contribution in [1.29, 1.82) is 0 Å². The van der Waals surface area contributed by atoms with E-state index in [9.17, 15) is 9.90 Å². The highest BCUT2D eigenvalue weighted by Crippen LogP contribution is 2.10. The molecule has 0 heterocycles. The Balaban J connectivity index is 0.000000364. The predicted octanol–water partition coefficient (Wildman–Crippen LogP) is -0.638. The lowest BCUT2D eigenvalue weighted by atomic mass is 10.2. The number of benzene rings is 1. The molecule has 1 rings (SSSR count). The van der Waals surface area contributed by atoms with Crippen LogP contribution in [0.1, 0.15) is 10.4 Å². The SMILES string of the molecule is NCCN.O=C(O)c1ccccc1[O-]. The molecule has 0 unspecified atom stereocenters. The highest BCUT2D eigenvalue weighted by Gasteiger charge is 1.99. The Morgan fingerprint density at radius 2 is 1.79 bits per heavy atom. The van der Waals surface area contributed by atoms with E-state index in [4.69, 9.17) is 16.6 Å². The molecule has 5 nitrogen and oxygen atoms in total. The fourth-order valence-electron chi connectivity index (χ4n) is 0.643. The Hall–Kier alpha value is -1.59. The number of rotatable bonds is 2. The van der Waals surface area contributed by atoms with E-state index in [-0.39, 0.29) is 5.56 Å². The third-order valence-corrected chi connectivity index (χ3v) is 1.28. The minimum atomic E-state index is -1.18. The molecule has 0 saturated heterocycles. The van der Waals surface area contributed by atoms with E-state index in [1.54, 1.807) is 0 Å². The van der Waals surface area contributed by atoms with Crippen molar-refractivity contribution in [2.24, 2.45) is 11.5 Å². The van der Waals surface area contributed by atoms with E-state index in [1.807, 2.05) is 0 Å². The second-order valence-corrected chi connectivity index (χ2v) is 2.38. The van der Waals surface area contributed by atoms with Gasteiger partial charge in [0.2, 0.25) is 0 Å². The zero-order valence-electron chi connectivity index (χ0n) is 7.64. The van der Waals surface area contributed by atoms with Crippen LogP contribution in [-0.2, 0) is 0 Å². The smallest absolute Gasteiger partial charge is 0.335 e. The summed E-state index contributed by atoms with van der Waals surface area (Å²) in [4.78, 5) is 10.2. The normalized spacial score (nSPS) is 8.71. The van der Waals surface area contributed by atoms with Gasteiger partial charge in [-0.25, -0.2) is 4.79 Å². The van der Waals surface area contributed by atoms with E-state index >= 15 is 0 Å². The third kappa shape index (κ3) is 4.44. The summed E-state index contributed by atoms with van der Waals surface area (Å²) in [5, 5.41) is 19.0. The Labute approximate surface area is 82.0 Å². The summed E-state index contributed by atoms with van der Waals surface area (Å²) in [6.07, 6.45) is 0. The van der Waals surface area contributed by atoms with Crippen LogP contribution in [0.4, 0.5) is 0 Å². The maximum Gasteiger partial charge on any atom is 0.335 e. The first-order valence-corrected chi connectivity index (χ1v) is 4.03. The highest BCUT2D eigenvalue weighted by molar-refractivity contribution is 5.90. The van der Waals surface area contributed by atoms with Gasteiger partial charge in [-0.15, -0.1) is 0 Å². The van der Waals surface area contributed by atoms with Crippen molar-refractivity contribution < 1.29 is 15.0 Å². The molecule has 14 heavy (non-hydrogen) atoms. The summed E-state index contributed by atoms with van der Waals surface area (Å²) in [5.41, 5.74) is 9.63. The van der Waals surface area contributed by atoms with E-state index in [0.29, 0.717) is 13.1 Å². The Morgan fingerprint density at radius 3 is 2.07 bits per heavy atom. The molecule has 5 N–H and O–H groups in total. The fraction of sp³-hybridized carbons (Fsp3) is 0.222. The molecule has 0 aliphatic rings. The quantitative estimate of drug-likeness (QED) is 0.583. The first-order chi connectivity index (χ1) is 6.63. The van der Waals surface area contributed by atoms with Crippen LogP contribution in [0.3, 0.4) is 0 Å². The van der Waals surface area contributed by atoms with Crippen LogP contribution < -0.4 is 16.6 Å². The largest absolute Gasteiger partial charge is 0.872 e. The number of para-hydroxylation sites is 1. The van der Waals surface area contributed by atoms with Gasteiger partial charge in [-0.05, 0) is 6.07 Å². The maximum atomic E-state index is 10.7. The van der Waals surface area contributed by atoms with E-state index in [2.05, 4.69) is 0 Å². The van der Waals surface area contributed by atoms with Crippen molar-refractivity contribution in [2.45, 2.75) is 0 Å². The summed E-state index contributed by atoms with van der Waals surface area (Å²) in [6.45, 7) is 1.19. The fourth-order valence-corrected chi connectivity index (χ4v) is 0.643. The Kier molecular flexibility index (Phi) is 6.09. The van der Waals surface area contributed by atoms with Crippen molar-refractivity contribution in [3.63, 3.8) is 0 Å². The number of hydrogen-bond acceptors (Lipinski definition) is 4.